The van der Waals surface area contributed by atoms with Crippen LogP contribution in [0.25, 0.3) is 0 Å². The van der Waals surface area contributed by atoms with E-state index in [0.717, 1.165) is 17.5 Å². The van der Waals surface area contributed by atoms with Gasteiger partial charge in [-0.3, -0.25) is 9.48 Å². The molecule has 6 heteroatoms. The number of hydrogen-bond acceptors (Lipinski definition) is 2. The van der Waals surface area contributed by atoms with Crippen LogP contribution in [0.3, 0.4) is 0 Å². The summed E-state index contributed by atoms with van der Waals surface area (Å²) >= 11 is 0. The Balaban J connectivity index is 1.87. The number of aryl methyl sites for hydroxylation is 1. The summed E-state index contributed by atoms with van der Waals surface area (Å²) in [5, 5.41) is 6.79. The lowest BCUT2D eigenvalue weighted by Crippen LogP contribution is -2.29. The molecule has 31 heavy (non-hydrogen) atoms. The number of hydrogen-bond donors (Lipinski definition) is 1. The van der Waals surface area contributed by atoms with Crippen LogP contribution in [0.15, 0.2) is 6.07 Å². The molecule has 0 aliphatic heterocycles. The van der Waals surface area contributed by atoms with Crippen molar-refractivity contribution in [3.05, 3.63) is 17.5 Å². The van der Waals surface area contributed by atoms with E-state index in [2.05, 4.69) is 17.3 Å². The number of nitrogens with one attached hydrogen (secondary N) is 1. The molecule has 1 amide bonds. The van der Waals surface area contributed by atoms with Gasteiger partial charge in [-0.2, -0.15) is 5.10 Å². The van der Waals surface area contributed by atoms with E-state index < -0.39 is 6.43 Å². The average molecular weight is 442 g/mol. The molecule has 0 aromatic carbocycles. The Labute approximate surface area is 188 Å². The Morgan fingerprint density at radius 3 is 1.77 bits per heavy atom. The van der Waals surface area contributed by atoms with Crippen LogP contribution in [0.5, 0.6) is 0 Å². The van der Waals surface area contributed by atoms with Crippen molar-refractivity contribution in [3.63, 3.8) is 0 Å². The van der Waals surface area contributed by atoms with Gasteiger partial charge in [0, 0.05) is 6.54 Å². The highest BCUT2D eigenvalue weighted by atomic mass is 19.3. The third kappa shape index (κ3) is 14.3. The molecule has 1 rings (SSSR count). The molecule has 0 radical (unpaired) electrons. The standard InChI is InChI=1S/C25H45F2N3O/c1-3-4-5-6-7-8-9-10-11-12-13-14-15-16-17-18-19-28-24(31)21-30-23(25(26)27)20-22(2)29-30/h20,25H,3-19,21H2,1-2H3,(H,28,31). The van der Waals surface area contributed by atoms with Crippen LogP contribution in [-0.4, -0.2) is 22.2 Å². The SMILES string of the molecule is CCCCCCCCCCCCCCCCCCNC(=O)Cn1nc(C)cc1C(F)F. The van der Waals surface area contributed by atoms with E-state index in [9.17, 15) is 13.6 Å². The summed E-state index contributed by atoms with van der Waals surface area (Å²) in [6.45, 7) is 4.37. The van der Waals surface area contributed by atoms with Crippen molar-refractivity contribution in [2.75, 3.05) is 6.54 Å². The molecule has 0 aliphatic rings. The molecule has 0 spiro atoms. The number of nitrogens with zero attached hydrogens (tertiary/aromatic N) is 2. The van der Waals surface area contributed by atoms with E-state index in [0.29, 0.717) is 12.2 Å². The summed E-state index contributed by atoms with van der Waals surface area (Å²) in [5.41, 5.74) is 0.302. The first-order chi connectivity index (χ1) is 15.0. The number of unbranched alkanes of at least 4 members (excludes halogenated alkanes) is 15. The van der Waals surface area contributed by atoms with E-state index in [4.69, 9.17) is 0 Å². The minimum Gasteiger partial charge on any atom is -0.354 e. The molecule has 0 saturated carbocycles. The molecule has 1 aromatic rings. The number of aromatic nitrogens is 2. The van der Waals surface area contributed by atoms with E-state index in [-0.39, 0.29) is 18.1 Å². The normalized spacial score (nSPS) is 11.4. The summed E-state index contributed by atoms with van der Waals surface area (Å²) in [4.78, 5) is 11.9. The fraction of sp³-hybridized carbons (Fsp3) is 0.840. The predicted molar refractivity (Wildman–Crippen MR) is 124 cm³/mol. The van der Waals surface area contributed by atoms with Crippen LogP contribution >= 0.6 is 0 Å². The third-order valence-electron chi connectivity index (χ3n) is 5.80. The van der Waals surface area contributed by atoms with Gasteiger partial charge in [0.2, 0.25) is 5.91 Å². The van der Waals surface area contributed by atoms with Gasteiger partial charge >= 0.3 is 0 Å². The molecule has 0 fully saturated rings. The van der Waals surface area contributed by atoms with Gasteiger partial charge in [0.15, 0.2) is 0 Å². The zero-order chi connectivity index (χ0) is 22.7. The van der Waals surface area contributed by atoms with E-state index in [1.807, 2.05) is 0 Å². The Morgan fingerprint density at radius 2 is 1.32 bits per heavy atom. The molecule has 4 nitrogen and oxygen atoms in total. The molecule has 180 valence electrons. The Hall–Kier alpha value is -1.46. The number of carbonyl (C=O) groups is 1. The zero-order valence-electron chi connectivity index (χ0n) is 19.9. The second-order valence-corrected chi connectivity index (χ2v) is 8.82. The van der Waals surface area contributed by atoms with Crippen LogP contribution in [0, 0.1) is 6.92 Å². The quantitative estimate of drug-likeness (QED) is 0.213. The van der Waals surface area contributed by atoms with E-state index >= 15 is 0 Å². The highest BCUT2D eigenvalue weighted by Crippen LogP contribution is 2.19. The molecule has 0 atom stereocenters. The van der Waals surface area contributed by atoms with Crippen LogP contribution in [0.2, 0.25) is 0 Å². The van der Waals surface area contributed by atoms with Crippen molar-refractivity contribution < 1.29 is 13.6 Å². The highest BCUT2D eigenvalue weighted by Gasteiger charge is 2.17. The van der Waals surface area contributed by atoms with Gasteiger partial charge in [-0.15, -0.1) is 0 Å². The molecule has 0 aliphatic carbocycles. The molecular formula is C25H45F2N3O. The molecule has 1 N–H and O–H groups in total. The van der Waals surface area contributed by atoms with Gasteiger partial charge in [-0.25, -0.2) is 8.78 Å². The first kappa shape index (κ1) is 27.6. The largest absolute Gasteiger partial charge is 0.354 e. The summed E-state index contributed by atoms with van der Waals surface area (Å²) in [7, 11) is 0. The minimum atomic E-state index is -2.62. The van der Waals surface area contributed by atoms with Crippen LogP contribution in [-0.2, 0) is 11.3 Å². The third-order valence-corrected chi connectivity index (χ3v) is 5.80. The Bertz CT molecular complexity index is 575. The summed E-state index contributed by atoms with van der Waals surface area (Å²) in [6.07, 6.45) is 18.4. The lowest BCUT2D eigenvalue weighted by molar-refractivity contribution is -0.121. The monoisotopic (exact) mass is 441 g/mol. The Morgan fingerprint density at radius 1 is 0.871 bits per heavy atom. The van der Waals surface area contributed by atoms with Crippen LogP contribution < -0.4 is 5.32 Å². The lowest BCUT2D eigenvalue weighted by Gasteiger charge is -2.08. The predicted octanol–water partition coefficient (Wildman–Crippen LogP) is 7.51. The van der Waals surface area contributed by atoms with E-state index in [1.165, 1.54) is 96.0 Å². The van der Waals surface area contributed by atoms with Crippen molar-refractivity contribution in [1.82, 2.24) is 15.1 Å². The molecule has 1 heterocycles. The number of rotatable bonds is 20. The highest BCUT2D eigenvalue weighted by molar-refractivity contribution is 5.75. The summed E-state index contributed by atoms with van der Waals surface area (Å²) < 4.78 is 26.9. The van der Waals surface area contributed by atoms with E-state index in [1.54, 1.807) is 6.92 Å². The molecule has 0 saturated heterocycles. The second kappa shape index (κ2) is 18.1. The van der Waals surface area contributed by atoms with Gasteiger partial charge < -0.3 is 5.32 Å². The van der Waals surface area contributed by atoms with Gasteiger partial charge in [0.05, 0.1) is 5.69 Å². The van der Waals surface area contributed by atoms with Crippen molar-refractivity contribution >= 4 is 5.91 Å². The Kier molecular flexibility index (Phi) is 16.1. The van der Waals surface area contributed by atoms with Gasteiger partial charge in [-0.1, -0.05) is 103 Å². The number of halogens is 2. The van der Waals surface area contributed by atoms with Gasteiger partial charge in [-0.05, 0) is 19.4 Å². The zero-order valence-corrected chi connectivity index (χ0v) is 19.9. The molecule has 0 unspecified atom stereocenters. The number of amides is 1. The maximum atomic E-state index is 12.9. The van der Waals surface area contributed by atoms with Gasteiger partial charge in [0.1, 0.15) is 12.2 Å². The van der Waals surface area contributed by atoms with Gasteiger partial charge in [0.25, 0.3) is 6.43 Å². The van der Waals surface area contributed by atoms with Crippen molar-refractivity contribution in [2.24, 2.45) is 0 Å². The van der Waals surface area contributed by atoms with Crippen LogP contribution in [0.1, 0.15) is 127 Å². The molecular weight excluding hydrogens is 396 g/mol. The smallest absolute Gasteiger partial charge is 0.280 e. The molecule has 1 aromatic heterocycles. The fourth-order valence-corrected chi connectivity index (χ4v) is 3.96. The number of carbonyl (C=O) groups excluding carboxylic acids is 1. The summed E-state index contributed by atoms with van der Waals surface area (Å²) in [5.74, 6) is -0.258. The first-order valence-electron chi connectivity index (χ1n) is 12.6. The van der Waals surface area contributed by atoms with Crippen molar-refractivity contribution in [1.29, 1.82) is 0 Å². The molecule has 0 bridgehead atoms. The lowest BCUT2D eigenvalue weighted by atomic mass is 10.0. The maximum Gasteiger partial charge on any atom is 0.280 e. The van der Waals surface area contributed by atoms with Crippen molar-refractivity contribution in [2.45, 2.75) is 130 Å². The van der Waals surface area contributed by atoms with Crippen molar-refractivity contribution in [3.8, 4) is 0 Å². The maximum absolute atomic E-state index is 12.9. The average Bonchev–Trinajstić information content (AvgIpc) is 3.10. The minimum absolute atomic E-state index is 0.146. The second-order valence-electron chi connectivity index (χ2n) is 8.82. The number of alkyl halides is 2. The topological polar surface area (TPSA) is 46.9 Å². The fourth-order valence-electron chi connectivity index (χ4n) is 3.96. The first-order valence-corrected chi connectivity index (χ1v) is 12.6. The summed E-state index contributed by atoms with van der Waals surface area (Å²) in [6, 6.07) is 1.33. The van der Waals surface area contributed by atoms with Crippen LogP contribution in [0.4, 0.5) is 8.78 Å².